The standard InChI is InChI=1S/C24H22ClN9O2/c1-24(35)5-8-33(9-6-24)23-26-12-18-21(32-23)22(29-13-27-18)31-15-2-3-19(17(25)10-15)36-16-4-7-34-20(11-16)28-14-30-34/h2-4,7,10-14,35H,5-6,8-9H2,1H3,(H,27,29,31). The second kappa shape index (κ2) is 8.85. The van der Waals surface area contributed by atoms with E-state index in [4.69, 9.17) is 21.3 Å². The Morgan fingerprint density at radius 1 is 1.06 bits per heavy atom. The average molecular weight is 504 g/mol. The molecule has 0 bridgehead atoms. The number of pyridine rings is 1. The van der Waals surface area contributed by atoms with Crippen LogP contribution in [0.2, 0.25) is 5.02 Å². The molecule has 182 valence electrons. The van der Waals surface area contributed by atoms with Crippen LogP contribution in [0, 0.1) is 0 Å². The summed E-state index contributed by atoms with van der Waals surface area (Å²) in [6.07, 6.45) is 7.71. The number of rotatable bonds is 5. The molecular weight excluding hydrogens is 482 g/mol. The molecule has 1 aromatic carbocycles. The Kier molecular flexibility index (Phi) is 5.50. The van der Waals surface area contributed by atoms with E-state index in [2.05, 4.69) is 35.3 Å². The van der Waals surface area contributed by atoms with Gasteiger partial charge >= 0.3 is 0 Å². The maximum absolute atomic E-state index is 10.3. The van der Waals surface area contributed by atoms with Crippen LogP contribution in [-0.4, -0.2) is 58.3 Å². The van der Waals surface area contributed by atoms with Gasteiger partial charge < -0.3 is 20.1 Å². The Labute approximate surface area is 210 Å². The summed E-state index contributed by atoms with van der Waals surface area (Å²) in [7, 11) is 0. The lowest BCUT2D eigenvalue weighted by Crippen LogP contribution is -2.43. The zero-order valence-electron chi connectivity index (χ0n) is 19.3. The molecule has 2 N–H and O–H groups in total. The Bertz CT molecular complexity index is 1560. The van der Waals surface area contributed by atoms with Gasteiger partial charge in [-0.2, -0.15) is 5.10 Å². The van der Waals surface area contributed by atoms with Gasteiger partial charge in [-0.15, -0.1) is 0 Å². The van der Waals surface area contributed by atoms with E-state index < -0.39 is 5.60 Å². The minimum absolute atomic E-state index is 0.426. The fraction of sp³-hybridized carbons (Fsp3) is 0.250. The largest absolute Gasteiger partial charge is 0.456 e. The number of aromatic nitrogens is 7. The van der Waals surface area contributed by atoms with Crippen molar-refractivity contribution in [3.8, 4) is 11.5 Å². The second-order valence-corrected chi connectivity index (χ2v) is 9.31. The van der Waals surface area contributed by atoms with Crippen molar-refractivity contribution in [2.75, 3.05) is 23.3 Å². The van der Waals surface area contributed by atoms with Crippen molar-refractivity contribution in [2.24, 2.45) is 0 Å². The molecule has 0 radical (unpaired) electrons. The Hall–Kier alpha value is -4.09. The molecule has 0 aliphatic carbocycles. The Morgan fingerprint density at radius 2 is 1.92 bits per heavy atom. The van der Waals surface area contributed by atoms with Gasteiger partial charge in [0.05, 0.1) is 16.8 Å². The fourth-order valence-corrected chi connectivity index (χ4v) is 4.28. The first-order chi connectivity index (χ1) is 17.4. The van der Waals surface area contributed by atoms with Gasteiger partial charge in [0.2, 0.25) is 5.95 Å². The molecule has 1 saturated heterocycles. The number of nitrogens with zero attached hydrogens (tertiary/aromatic N) is 8. The van der Waals surface area contributed by atoms with Crippen LogP contribution in [0.4, 0.5) is 17.5 Å². The van der Waals surface area contributed by atoms with E-state index in [1.807, 2.05) is 13.0 Å². The molecule has 0 unspecified atom stereocenters. The molecule has 1 aliphatic heterocycles. The molecule has 5 aromatic rings. The number of halogens is 1. The number of nitrogens with one attached hydrogen (secondary N) is 1. The number of benzene rings is 1. The van der Waals surface area contributed by atoms with Gasteiger partial charge in [0.25, 0.3) is 0 Å². The lowest BCUT2D eigenvalue weighted by molar-refractivity contribution is 0.0349. The van der Waals surface area contributed by atoms with E-state index in [1.165, 1.54) is 12.7 Å². The van der Waals surface area contributed by atoms with Crippen LogP contribution in [0.3, 0.4) is 0 Å². The molecule has 0 spiro atoms. The van der Waals surface area contributed by atoms with E-state index in [9.17, 15) is 5.11 Å². The first-order valence-corrected chi connectivity index (χ1v) is 11.8. The summed E-state index contributed by atoms with van der Waals surface area (Å²) in [6, 6.07) is 8.96. The van der Waals surface area contributed by atoms with Crippen LogP contribution in [0.25, 0.3) is 16.7 Å². The molecular formula is C24H22ClN9O2. The molecule has 1 aliphatic rings. The number of ether oxygens (including phenoxy) is 1. The zero-order valence-corrected chi connectivity index (χ0v) is 20.1. The van der Waals surface area contributed by atoms with Gasteiger partial charge in [-0.1, -0.05) is 11.6 Å². The average Bonchev–Trinajstić information content (AvgIpc) is 3.34. The van der Waals surface area contributed by atoms with Crippen LogP contribution >= 0.6 is 11.6 Å². The van der Waals surface area contributed by atoms with E-state index >= 15 is 0 Å². The van der Waals surface area contributed by atoms with Crippen LogP contribution in [0.15, 0.2) is 55.4 Å². The molecule has 0 saturated carbocycles. The minimum atomic E-state index is -0.651. The zero-order chi connectivity index (χ0) is 24.7. The molecule has 1 fully saturated rings. The molecule has 0 atom stereocenters. The number of piperidine rings is 1. The third kappa shape index (κ3) is 4.45. The van der Waals surface area contributed by atoms with E-state index in [0.717, 1.165) is 5.69 Å². The van der Waals surface area contributed by atoms with Crippen LogP contribution in [0.5, 0.6) is 11.5 Å². The van der Waals surface area contributed by atoms with Crippen LogP contribution in [0.1, 0.15) is 19.8 Å². The minimum Gasteiger partial charge on any atom is -0.456 e. The summed E-state index contributed by atoms with van der Waals surface area (Å²) in [5.74, 6) is 2.23. The smallest absolute Gasteiger partial charge is 0.226 e. The predicted molar refractivity (Wildman–Crippen MR) is 135 cm³/mol. The summed E-state index contributed by atoms with van der Waals surface area (Å²) in [4.78, 5) is 24.1. The third-order valence-corrected chi connectivity index (χ3v) is 6.46. The third-order valence-electron chi connectivity index (χ3n) is 6.16. The maximum atomic E-state index is 10.3. The highest BCUT2D eigenvalue weighted by Crippen LogP contribution is 2.33. The van der Waals surface area contributed by atoms with Gasteiger partial charge in [-0.3, -0.25) is 0 Å². The fourth-order valence-electron chi connectivity index (χ4n) is 4.06. The monoisotopic (exact) mass is 503 g/mol. The highest BCUT2D eigenvalue weighted by Gasteiger charge is 2.28. The number of anilines is 3. The molecule has 4 aromatic heterocycles. The number of fused-ring (bicyclic) bond motifs is 2. The molecule has 0 amide bonds. The second-order valence-electron chi connectivity index (χ2n) is 8.91. The van der Waals surface area contributed by atoms with E-state index in [0.29, 0.717) is 70.9 Å². The van der Waals surface area contributed by atoms with Crippen LogP contribution in [-0.2, 0) is 0 Å². The first kappa shape index (κ1) is 22.4. The molecule has 36 heavy (non-hydrogen) atoms. The van der Waals surface area contributed by atoms with Gasteiger partial charge in [-0.25, -0.2) is 29.4 Å². The number of aliphatic hydroxyl groups is 1. The van der Waals surface area contributed by atoms with Gasteiger partial charge in [0.15, 0.2) is 11.5 Å². The summed E-state index contributed by atoms with van der Waals surface area (Å²) < 4.78 is 7.60. The summed E-state index contributed by atoms with van der Waals surface area (Å²) in [6.45, 7) is 3.21. The topological polar surface area (TPSA) is 126 Å². The quantitative estimate of drug-likeness (QED) is 0.363. The van der Waals surface area contributed by atoms with Crippen molar-refractivity contribution in [1.82, 2.24) is 34.5 Å². The first-order valence-electron chi connectivity index (χ1n) is 11.4. The van der Waals surface area contributed by atoms with Crippen molar-refractivity contribution < 1.29 is 9.84 Å². The predicted octanol–water partition coefficient (Wildman–Crippen LogP) is 4.00. The van der Waals surface area contributed by atoms with E-state index in [-0.39, 0.29) is 0 Å². The van der Waals surface area contributed by atoms with Gasteiger partial charge in [0, 0.05) is 31.0 Å². The summed E-state index contributed by atoms with van der Waals surface area (Å²) in [5, 5.41) is 18.0. The lowest BCUT2D eigenvalue weighted by Gasteiger charge is -2.35. The van der Waals surface area contributed by atoms with Gasteiger partial charge in [0.1, 0.15) is 35.2 Å². The molecule has 12 heteroatoms. The van der Waals surface area contributed by atoms with Gasteiger partial charge in [-0.05, 0) is 44.0 Å². The number of hydrogen-bond acceptors (Lipinski definition) is 10. The maximum Gasteiger partial charge on any atom is 0.226 e. The highest BCUT2D eigenvalue weighted by atomic mass is 35.5. The van der Waals surface area contributed by atoms with Crippen molar-refractivity contribution in [3.05, 3.63) is 60.4 Å². The van der Waals surface area contributed by atoms with Crippen molar-refractivity contribution in [2.45, 2.75) is 25.4 Å². The summed E-state index contributed by atoms with van der Waals surface area (Å²) >= 11 is 6.53. The van der Waals surface area contributed by atoms with Crippen molar-refractivity contribution in [3.63, 3.8) is 0 Å². The summed E-state index contributed by atoms with van der Waals surface area (Å²) in [5.41, 5.74) is 1.96. The van der Waals surface area contributed by atoms with Crippen molar-refractivity contribution in [1.29, 1.82) is 0 Å². The Balaban J connectivity index is 1.23. The molecule has 6 rings (SSSR count). The van der Waals surface area contributed by atoms with Crippen molar-refractivity contribution >= 4 is 45.7 Å². The normalized spacial score (nSPS) is 15.4. The van der Waals surface area contributed by atoms with E-state index in [1.54, 1.807) is 41.2 Å². The lowest BCUT2D eigenvalue weighted by atomic mass is 9.94. The highest BCUT2D eigenvalue weighted by molar-refractivity contribution is 6.32. The molecule has 11 nitrogen and oxygen atoms in total. The molecule has 5 heterocycles. The Morgan fingerprint density at radius 3 is 2.75 bits per heavy atom. The van der Waals surface area contributed by atoms with Crippen LogP contribution < -0.4 is 15.0 Å². The SMILES string of the molecule is CC1(O)CCN(c2ncc3ncnc(Nc4ccc(Oc5ccn6ncnc6c5)c(Cl)c4)c3n2)CC1. The number of hydrogen-bond donors (Lipinski definition) is 2.